The van der Waals surface area contributed by atoms with Gasteiger partial charge in [-0.25, -0.2) is 4.98 Å². The highest BCUT2D eigenvalue weighted by Crippen LogP contribution is 2.48. The Bertz CT molecular complexity index is 323. The Morgan fingerprint density at radius 1 is 1.53 bits per heavy atom. The van der Waals surface area contributed by atoms with Crippen LogP contribution in [0.3, 0.4) is 0 Å². The molecule has 1 heterocycles. The van der Waals surface area contributed by atoms with Gasteiger partial charge in [0.2, 0.25) is 0 Å². The molecule has 15 heavy (non-hydrogen) atoms. The lowest BCUT2D eigenvalue weighted by atomic mass is 9.71. The van der Waals surface area contributed by atoms with Crippen LogP contribution in [0.1, 0.15) is 45.9 Å². The molecule has 0 amide bonds. The zero-order chi connectivity index (χ0) is 11.1. The number of hydrogen-bond acceptors (Lipinski definition) is 2. The van der Waals surface area contributed by atoms with Gasteiger partial charge in [-0.15, -0.1) is 0 Å². The molecule has 1 aliphatic rings. The maximum atomic E-state index is 6.56. The van der Waals surface area contributed by atoms with Gasteiger partial charge in [0, 0.05) is 12.4 Å². The average molecular weight is 207 g/mol. The summed E-state index contributed by atoms with van der Waals surface area (Å²) in [7, 11) is 0. The molecule has 0 aromatic carbocycles. The fraction of sp³-hybridized carbons (Fsp3) is 0.750. The van der Waals surface area contributed by atoms with E-state index in [0.29, 0.717) is 5.92 Å². The van der Waals surface area contributed by atoms with Crippen LogP contribution in [-0.2, 0) is 5.54 Å². The molecule has 2 atom stereocenters. The predicted octanol–water partition coefficient (Wildman–Crippen LogP) is 2.41. The molecule has 0 unspecified atom stereocenters. The van der Waals surface area contributed by atoms with Crippen molar-refractivity contribution in [1.82, 2.24) is 9.97 Å². The number of hydrogen-bond donors (Lipinski definition) is 2. The zero-order valence-corrected chi connectivity index (χ0v) is 9.88. The molecule has 0 aliphatic heterocycles. The van der Waals surface area contributed by atoms with E-state index in [9.17, 15) is 0 Å². The van der Waals surface area contributed by atoms with Gasteiger partial charge in [0.25, 0.3) is 0 Å². The molecule has 2 rings (SSSR count). The van der Waals surface area contributed by atoms with E-state index in [2.05, 4.69) is 30.7 Å². The van der Waals surface area contributed by atoms with Crippen LogP contribution in [0.4, 0.5) is 0 Å². The maximum Gasteiger partial charge on any atom is 0.126 e. The van der Waals surface area contributed by atoms with Gasteiger partial charge in [-0.2, -0.15) is 0 Å². The molecule has 0 bridgehead atoms. The number of nitrogens with one attached hydrogen (secondary N) is 1. The minimum atomic E-state index is -0.248. The van der Waals surface area contributed by atoms with E-state index in [0.717, 1.165) is 12.2 Å². The lowest BCUT2D eigenvalue weighted by molar-refractivity contribution is 0.150. The molecule has 0 radical (unpaired) electrons. The number of rotatable bonds is 1. The standard InChI is InChI=1S/C12H21N3/c1-11(2,3)9-5-4-6-12(9,13)10-14-7-8-15-10/h7-9H,4-6,13H2,1-3H3,(H,14,15)/t9-,12-/m0/s1. The van der Waals surface area contributed by atoms with Gasteiger partial charge in [0.1, 0.15) is 5.82 Å². The number of aromatic amines is 1. The Labute approximate surface area is 91.5 Å². The quantitative estimate of drug-likeness (QED) is 0.743. The molecule has 1 saturated carbocycles. The van der Waals surface area contributed by atoms with Crippen molar-refractivity contribution in [3.63, 3.8) is 0 Å². The summed E-state index contributed by atoms with van der Waals surface area (Å²) in [6.45, 7) is 6.81. The molecule has 84 valence electrons. The summed E-state index contributed by atoms with van der Waals surface area (Å²) in [6.07, 6.45) is 7.12. The second-order valence-corrected chi connectivity index (χ2v) is 5.79. The normalized spacial score (nSPS) is 32.1. The molecule has 1 aliphatic carbocycles. The fourth-order valence-electron chi connectivity index (χ4n) is 3.04. The van der Waals surface area contributed by atoms with Crippen molar-refractivity contribution in [2.75, 3.05) is 0 Å². The van der Waals surface area contributed by atoms with Crippen LogP contribution in [-0.4, -0.2) is 9.97 Å². The molecule has 1 aromatic heterocycles. The number of H-pyrrole nitrogens is 1. The number of nitrogens with two attached hydrogens (primary N) is 1. The minimum absolute atomic E-state index is 0.248. The van der Waals surface area contributed by atoms with Crippen LogP contribution in [0, 0.1) is 11.3 Å². The van der Waals surface area contributed by atoms with E-state index in [-0.39, 0.29) is 11.0 Å². The summed E-state index contributed by atoms with van der Waals surface area (Å²) in [5.74, 6) is 1.47. The highest BCUT2D eigenvalue weighted by atomic mass is 15.0. The van der Waals surface area contributed by atoms with Gasteiger partial charge in [0.15, 0.2) is 0 Å². The van der Waals surface area contributed by atoms with Crippen LogP contribution in [0.5, 0.6) is 0 Å². The first-order valence-corrected chi connectivity index (χ1v) is 5.73. The van der Waals surface area contributed by atoms with Crippen LogP contribution in [0.25, 0.3) is 0 Å². The van der Waals surface area contributed by atoms with E-state index in [1.54, 1.807) is 6.20 Å². The summed E-state index contributed by atoms with van der Waals surface area (Å²) in [4.78, 5) is 7.54. The first-order chi connectivity index (χ1) is 6.94. The number of imidazole rings is 1. The predicted molar refractivity (Wildman–Crippen MR) is 61.2 cm³/mol. The van der Waals surface area contributed by atoms with Crippen LogP contribution in [0.15, 0.2) is 12.4 Å². The first-order valence-electron chi connectivity index (χ1n) is 5.73. The molecule has 1 fully saturated rings. The monoisotopic (exact) mass is 207 g/mol. The topological polar surface area (TPSA) is 54.7 Å². The van der Waals surface area contributed by atoms with Crippen LogP contribution in [0.2, 0.25) is 0 Å². The van der Waals surface area contributed by atoms with E-state index in [1.807, 2.05) is 6.20 Å². The highest BCUT2D eigenvalue weighted by Gasteiger charge is 2.47. The van der Waals surface area contributed by atoms with Crippen molar-refractivity contribution in [2.24, 2.45) is 17.1 Å². The van der Waals surface area contributed by atoms with E-state index < -0.39 is 0 Å². The van der Waals surface area contributed by atoms with E-state index >= 15 is 0 Å². The molecule has 3 heteroatoms. The molecule has 1 aromatic rings. The third kappa shape index (κ3) is 1.69. The molecule has 0 spiro atoms. The lowest BCUT2D eigenvalue weighted by Crippen LogP contribution is -2.46. The molecule has 3 N–H and O–H groups in total. The third-order valence-corrected chi connectivity index (χ3v) is 3.69. The van der Waals surface area contributed by atoms with Crippen LogP contribution >= 0.6 is 0 Å². The smallest absolute Gasteiger partial charge is 0.126 e. The van der Waals surface area contributed by atoms with Crippen molar-refractivity contribution < 1.29 is 0 Å². The molecule has 0 saturated heterocycles. The number of aromatic nitrogens is 2. The van der Waals surface area contributed by atoms with Gasteiger partial charge < -0.3 is 10.7 Å². The van der Waals surface area contributed by atoms with Gasteiger partial charge in [-0.3, -0.25) is 0 Å². The second-order valence-electron chi connectivity index (χ2n) is 5.79. The van der Waals surface area contributed by atoms with E-state index in [1.165, 1.54) is 12.8 Å². The Balaban J connectivity index is 2.35. The SMILES string of the molecule is CC(C)(C)[C@@H]1CCC[C@@]1(N)c1ncc[nH]1. The van der Waals surface area contributed by atoms with Crippen molar-refractivity contribution in [3.05, 3.63) is 18.2 Å². The van der Waals surface area contributed by atoms with Gasteiger partial charge >= 0.3 is 0 Å². The summed E-state index contributed by atoms with van der Waals surface area (Å²) < 4.78 is 0. The Morgan fingerprint density at radius 2 is 2.27 bits per heavy atom. The summed E-state index contributed by atoms with van der Waals surface area (Å²) in [5.41, 5.74) is 6.56. The summed E-state index contributed by atoms with van der Waals surface area (Å²) in [5, 5.41) is 0. The van der Waals surface area contributed by atoms with Gasteiger partial charge in [-0.05, 0) is 24.2 Å². The largest absolute Gasteiger partial charge is 0.347 e. The van der Waals surface area contributed by atoms with Crippen molar-refractivity contribution in [1.29, 1.82) is 0 Å². The fourth-order valence-corrected chi connectivity index (χ4v) is 3.04. The average Bonchev–Trinajstić information content (AvgIpc) is 2.69. The van der Waals surface area contributed by atoms with Gasteiger partial charge in [0.05, 0.1) is 5.54 Å². The molecular weight excluding hydrogens is 186 g/mol. The third-order valence-electron chi connectivity index (χ3n) is 3.69. The molecular formula is C12H21N3. The van der Waals surface area contributed by atoms with Crippen molar-refractivity contribution in [3.8, 4) is 0 Å². The Morgan fingerprint density at radius 3 is 2.80 bits per heavy atom. The number of nitrogens with zero attached hydrogens (tertiary/aromatic N) is 1. The summed E-state index contributed by atoms with van der Waals surface area (Å²) in [6, 6.07) is 0. The Hall–Kier alpha value is -0.830. The first kappa shape index (κ1) is 10.7. The summed E-state index contributed by atoms with van der Waals surface area (Å²) >= 11 is 0. The Kier molecular flexibility index (Phi) is 2.38. The van der Waals surface area contributed by atoms with Crippen LogP contribution < -0.4 is 5.73 Å². The zero-order valence-electron chi connectivity index (χ0n) is 9.88. The van der Waals surface area contributed by atoms with E-state index in [4.69, 9.17) is 5.73 Å². The molecule has 3 nitrogen and oxygen atoms in total. The minimum Gasteiger partial charge on any atom is -0.347 e. The van der Waals surface area contributed by atoms with Gasteiger partial charge in [-0.1, -0.05) is 27.2 Å². The van der Waals surface area contributed by atoms with Crippen molar-refractivity contribution in [2.45, 2.75) is 45.6 Å². The van der Waals surface area contributed by atoms with Crippen molar-refractivity contribution >= 4 is 0 Å². The maximum absolute atomic E-state index is 6.56. The highest BCUT2D eigenvalue weighted by molar-refractivity contribution is 5.13. The lowest BCUT2D eigenvalue weighted by Gasteiger charge is -2.38. The second kappa shape index (κ2) is 3.34.